The number of hydrogen-bond donors (Lipinski definition) is 0. The summed E-state index contributed by atoms with van der Waals surface area (Å²) in [6, 6.07) is 28.0. The Morgan fingerprint density at radius 1 is 0.679 bits per heavy atom. The van der Waals surface area contributed by atoms with E-state index in [1.165, 1.54) is 0 Å². The van der Waals surface area contributed by atoms with Gasteiger partial charge in [-0.3, -0.25) is 0 Å². The van der Waals surface area contributed by atoms with Crippen LogP contribution in [-0.4, -0.2) is 20.0 Å². The van der Waals surface area contributed by atoms with Crippen LogP contribution in [0.4, 0.5) is 0 Å². The predicted octanol–water partition coefficient (Wildman–Crippen LogP) is 4.70. The molecule has 144 valence electrons. The number of benzene rings is 3. The minimum atomic E-state index is -3.58. The second-order valence-electron chi connectivity index (χ2n) is 6.87. The summed E-state index contributed by atoms with van der Waals surface area (Å²) in [5.41, 5.74) is 1.92. The summed E-state index contributed by atoms with van der Waals surface area (Å²) in [5, 5.41) is -0.838. The monoisotopic (exact) mass is 394 g/mol. The quantitative estimate of drug-likeness (QED) is 0.629. The summed E-state index contributed by atoms with van der Waals surface area (Å²) in [6.45, 7) is 1.64. The highest BCUT2D eigenvalue weighted by Gasteiger charge is 2.44. The molecule has 1 unspecified atom stereocenters. The molecular formula is C23H22O4S. The second-order valence-corrected chi connectivity index (χ2v) is 9.17. The molecule has 4 nitrogen and oxygen atoms in total. The van der Waals surface area contributed by atoms with E-state index in [0.717, 1.165) is 11.1 Å². The molecule has 0 radical (unpaired) electrons. The summed E-state index contributed by atoms with van der Waals surface area (Å²) in [4.78, 5) is 0.272. The first-order valence-electron chi connectivity index (χ1n) is 9.27. The van der Waals surface area contributed by atoms with Gasteiger partial charge < -0.3 is 9.47 Å². The third-order valence-corrected chi connectivity index (χ3v) is 7.17. The minimum absolute atomic E-state index is 0.272. The van der Waals surface area contributed by atoms with Gasteiger partial charge in [-0.05, 0) is 30.2 Å². The molecule has 1 saturated heterocycles. The first-order valence-corrected chi connectivity index (χ1v) is 10.8. The van der Waals surface area contributed by atoms with Gasteiger partial charge in [-0.25, -0.2) is 8.42 Å². The van der Waals surface area contributed by atoms with Crippen molar-refractivity contribution in [3.8, 4) is 0 Å². The highest BCUT2D eigenvalue weighted by Crippen LogP contribution is 2.44. The van der Waals surface area contributed by atoms with E-state index >= 15 is 0 Å². The van der Waals surface area contributed by atoms with Gasteiger partial charge in [-0.2, -0.15) is 0 Å². The summed E-state index contributed by atoms with van der Waals surface area (Å²) in [6.07, 6.45) is -1.61. The van der Waals surface area contributed by atoms with E-state index in [1.54, 1.807) is 37.3 Å². The molecule has 1 fully saturated rings. The molecule has 28 heavy (non-hydrogen) atoms. The van der Waals surface area contributed by atoms with Crippen LogP contribution in [0, 0.1) is 0 Å². The molecule has 5 heteroatoms. The Morgan fingerprint density at radius 3 is 1.50 bits per heavy atom. The highest BCUT2D eigenvalue weighted by molar-refractivity contribution is 7.92. The average molecular weight is 394 g/mol. The van der Waals surface area contributed by atoms with Crippen LogP contribution in [0.5, 0.6) is 0 Å². The van der Waals surface area contributed by atoms with Gasteiger partial charge in [-0.1, -0.05) is 78.9 Å². The Labute approximate surface area is 165 Å². The molecule has 0 saturated carbocycles. The van der Waals surface area contributed by atoms with Crippen LogP contribution in [0.25, 0.3) is 0 Å². The van der Waals surface area contributed by atoms with E-state index in [4.69, 9.17) is 9.47 Å². The van der Waals surface area contributed by atoms with Crippen molar-refractivity contribution in [2.45, 2.75) is 35.6 Å². The Morgan fingerprint density at radius 2 is 1.07 bits per heavy atom. The highest BCUT2D eigenvalue weighted by atomic mass is 32.2. The SMILES string of the molecule is CC(C1O[C@H](c2ccccc2)[C@@H](c2ccccc2)O1)S(=O)(=O)c1ccccc1. The van der Waals surface area contributed by atoms with Crippen molar-refractivity contribution in [1.82, 2.24) is 0 Å². The smallest absolute Gasteiger partial charge is 0.185 e. The van der Waals surface area contributed by atoms with Crippen LogP contribution in [0.2, 0.25) is 0 Å². The van der Waals surface area contributed by atoms with Gasteiger partial charge in [0.1, 0.15) is 17.5 Å². The normalized spacial score (nSPS) is 21.5. The molecule has 0 aliphatic carbocycles. The molecule has 3 aromatic carbocycles. The lowest BCUT2D eigenvalue weighted by Gasteiger charge is -2.19. The molecule has 0 amide bonds. The fourth-order valence-corrected chi connectivity index (χ4v) is 4.83. The topological polar surface area (TPSA) is 52.6 Å². The largest absolute Gasteiger partial charge is 0.340 e. The number of sulfone groups is 1. The van der Waals surface area contributed by atoms with Gasteiger partial charge in [0.05, 0.1) is 4.90 Å². The van der Waals surface area contributed by atoms with E-state index in [0.29, 0.717) is 0 Å². The molecule has 1 aliphatic rings. The van der Waals surface area contributed by atoms with Gasteiger partial charge in [0.15, 0.2) is 16.1 Å². The van der Waals surface area contributed by atoms with Crippen LogP contribution >= 0.6 is 0 Å². The fraction of sp³-hybridized carbons (Fsp3) is 0.217. The molecule has 4 rings (SSSR count). The Kier molecular flexibility index (Phi) is 5.31. The van der Waals surface area contributed by atoms with Gasteiger partial charge in [0, 0.05) is 0 Å². The minimum Gasteiger partial charge on any atom is -0.340 e. The molecule has 0 spiro atoms. The predicted molar refractivity (Wildman–Crippen MR) is 107 cm³/mol. The zero-order valence-electron chi connectivity index (χ0n) is 15.5. The summed E-state index contributed by atoms with van der Waals surface area (Å²) in [5.74, 6) is 0. The lowest BCUT2D eigenvalue weighted by molar-refractivity contribution is -0.0652. The van der Waals surface area contributed by atoms with E-state index in [2.05, 4.69) is 0 Å². The van der Waals surface area contributed by atoms with Crippen molar-refractivity contribution in [1.29, 1.82) is 0 Å². The third kappa shape index (κ3) is 3.61. The van der Waals surface area contributed by atoms with Crippen LogP contribution in [0.15, 0.2) is 95.9 Å². The average Bonchev–Trinajstić information content (AvgIpc) is 3.20. The molecule has 3 atom stereocenters. The maximum absolute atomic E-state index is 13.0. The van der Waals surface area contributed by atoms with Gasteiger partial charge in [0.25, 0.3) is 0 Å². The van der Waals surface area contributed by atoms with E-state index in [9.17, 15) is 8.42 Å². The van der Waals surface area contributed by atoms with Crippen molar-refractivity contribution in [2.75, 3.05) is 0 Å². The first-order chi connectivity index (χ1) is 13.6. The zero-order chi connectivity index (χ0) is 19.6. The Bertz CT molecular complexity index is 957. The molecule has 0 aromatic heterocycles. The maximum atomic E-state index is 13.0. The molecule has 0 N–H and O–H groups in total. The summed E-state index contributed by atoms with van der Waals surface area (Å²) >= 11 is 0. The molecule has 3 aromatic rings. The molecule has 1 heterocycles. The lowest BCUT2D eigenvalue weighted by Crippen LogP contribution is -2.32. The van der Waals surface area contributed by atoms with Gasteiger partial charge >= 0.3 is 0 Å². The van der Waals surface area contributed by atoms with Crippen molar-refractivity contribution >= 4 is 9.84 Å². The van der Waals surface area contributed by atoms with Crippen molar-refractivity contribution in [3.05, 3.63) is 102 Å². The van der Waals surface area contributed by atoms with Crippen molar-refractivity contribution < 1.29 is 17.9 Å². The standard InChI is InChI=1S/C23H22O4S/c1-17(28(24,25)20-15-9-4-10-16-20)23-26-21(18-11-5-2-6-12-18)22(27-23)19-13-7-3-8-14-19/h2-17,21-23H,1H3/t17?,21-,22-/m1/s1. The number of hydrogen-bond acceptors (Lipinski definition) is 4. The van der Waals surface area contributed by atoms with Crippen LogP contribution < -0.4 is 0 Å². The van der Waals surface area contributed by atoms with E-state index < -0.39 is 21.4 Å². The van der Waals surface area contributed by atoms with Crippen molar-refractivity contribution in [2.24, 2.45) is 0 Å². The maximum Gasteiger partial charge on any atom is 0.185 e. The third-order valence-electron chi connectivity index (χ3n) is 5.04. The van der Waals surface area contributed by atoms with Crippen LogP contribution in [0.3, 0.4) is 0 Å². The molecule has 0 bridgehead atoms. The van der Waals surface area contributed by atoms with Crippen molar-refractivity contribution in [3.63, 3.8) is 0 Å². The summed E-state index contributed by atoms with van der Waals surface area (Å²) < 4.78 is 38.5. The number of rotatable bonds is 5. The van der Waals surface area contributed by atoms with Gasteiger partial charge in [-0.15, -0.1) is 0 Å². The first kappa shape index (κ1) is 18.9. The fourth-order valence-electron chi connectivity index (χ4n) is 3.45. The summed E-state index contributed by atoms with van der Waals surface area (Å²) in [7, 11) is -3.58. The lowest BCUT2D eigenvalue weighted by atomic mass is 9.99. The Balaban J connectivity index is 1.66. The van der Waals surface area contributed by atoms with E-state index in [1.807, 2.05) is 60.7 Å². The number of ether oxygens (including phenoxy) is 2. The Hall–Kier alpha value is -2.47. The second kappa shape index (κ2) is 7.87. The zero-order valence-corrected chi connectivity index (χ0v) is 16.3. The molecule has 1 aliphatic heterocycles. The van der Waals surface area contributed by atoms with Crippen LogP contribution in [-0.2, 0) is 19.3 Å². The van der Waals surface area contributed by atoms with Crippen LogP contribution in [0.1, 0.15) is 30.3 Å². The molecular weight excluding hydrogens is 372 g/mol. The van der Waals surface area contributed by atoms with E-state index in [-0.39, 0.29) is 17.1 Å². The van der Waals surface area contributed by atoms with Gasteiger partial charge in [0.2, 0.25) is 0 Å².